The number of aryl methyl sites for hydroxylation is 2. The van der Waals surface area contributed by atoms with Crippen LogP contribution in [0.15, 0.2) is 54.9 Å². The van der Waals surface area contributed by atoms with E-state index in [0.29, 0.717) is 12.4 Å². The lowest BCUT2D eigenvalue weighted by Crippen LogP contribution is -2.24. The molecule has 132 valence electrons. The van der Waals surface area contributed by atoms with Crippen LogP contribution in [0.1, 0.15) is 27.2 Å². The van der Waals surface area contributed by atoms with Crippen LogP contribution in [0.4, 0.5) is 15.9 Å². The Morgan fingerprint density at radius 3 is 2.46 bits per heavy atom. The van der Waals surface area contributed by atoms with E-state index in [1.807, 2.05) is 26.0 Å². The van der Waals surface area contributed by atoms with Crippen molar-refractivity contribution in [1.82, 2.24) is 15.3 Å². The van der Waals surface area contributed by atoms with Crippen LogP contribution in [0, 0.1) is 19.7 Å². The molecule has 0 saturated heterocycles. The van der Waals surface area contributed by atoms with Gasteiger partial charge in [0, 0.05) is 12.2 Å². The maximum Gasteiger partial charge on any atom is 0.271 e. The molecule has 2 aromatic carbocycles. The van der Waals surface area contributed by atoms with E-state index < -0.39 is 0 Å². The normalized spacial score (nSPS) is 10.4. The zero-order valence-electron chi connectivity index (χ0n) is 14.6. The summed E-state index contributed by atoms with van der Waals surface area (Å²) in [5.74, 6) is -0.0789. The summed E-state index contributed by atoms with van der Waals surface area (Å²) in [4.78, 5) is 20.5. The van der Waals surface area contributed by atoms with Crippen LogP contribution < -0.4 is 10.6 Å². The van der Waals surface area contributed by atoms with Gasteiger partial charge in [0.1, 0.15) is 17.3 Å². The molecule has 1 amide bonds. The van der Waals surface area contributed by atoms with E-state index in [2.05, 4.69) is 26.7 Å². The van der Waals surface area contributed by atoms with Crippen LogP contribution in [-0.2, 0) is 6.54 Å². The molecule has 26 heavy (non-hydrogen) atoms. The molecule has 0 aliphatic carbocycles. The minimum Gasteiger partial charge on any atom is -0.347 e. The van der Waals surface area contributed by atoms with Crippen molar-refractivity contribution in [2.45, 2.75) is 20.4 Å². The fraction of sp³-hybridized carbons (Fsp3) is 0.150. The molecule has 0 unspecified atom stereocenters. The Morgan fingerprint density at radius 1 is 1.04 bits per heavy atom. The molecule has 0 atom stereocenters. The first-order valence-corrected chi connectivity index (χ1v) is 8.20. The van der Waals surface area contributed by atoms with Crippen LogP contribution >= 0.6 is 0 Å². The van der Waals surface area contributed by atoms with Crippen molar-refractivity contribution in [3.63, 3.8) is 0 Å². The average Bonchev–Trinajstić information content (AvgIpc) is 2.64. The van der Waals surface area contributed by atoms with Gasteiger partial charge >= 0.3 is 0 Å². The second-order valence-electron chi connectivity index (χ2n) is 6.04. The van der Waals surface area contributed by atoms with Crippen LogP contribution in [-0.4, -0.2) is 15.9 Å². The van der Waals surface area contributed by atoms with Crippen molar-refractivity contribution < 1.29 is 9.18 Å². The SMILES string of the molecule is Cc1ccc(Nc2cnc(C(=O)NCc3ccc(F)cc3)cn2)c(C)c1. The molecule has 0 saturated carbocycles. The highest BCUT2D eigenvalue weighted by Gasteiger charge is 2.08. The fourth-order valence-corrected chi connectivity index (χ4v) is 2.48. The number of halogens is 1. The maximum absolute atomic E-state index is 12.9. The molecule has 0 aliphatic rings. The first-order chi connectivity index (χ1) is 12.5. The van der Waals surface area contributed by atoms with Crippen LogP contribution in [0.5, 0.6) is 0 Å². The van der Waals surface area contributed by atoms with E-state index in [-0.39, 0.29) is 17.4 Å². The summed E-state index contributed by atoms with van der Waals surface area (Å²) in [7, 11) is 0. The molecule has 3 aromatic rings. The summed E-state index contributed by atoms with van der Waals surface area (Å²) in [6, 6.07) is 12.0. The average molecular weight is 350 g/mol. The zero-order chi connectivity index (χ0) is 18.5. The number of amides is 1. The van der Waals surface area contributed by atoms with Crippen LogP contribution in [0.3, 0.4) is 0 Å². The molecule has 0 spiro atoms. The molecule has 0 bridgehead atoms. The minimum absolute atomic E-state index is 0.221. The summed E-state index contributed by atoms with van der Waals surface area (Å²) < 4.78 is 12.9. The lowest BCUT2D eigenvalue weighted by molar-refractivity contribution is 0.0945. The first kappa shape index (κ1) is 17.5. The monoisotopic (exact) mass is 350 g/mol. The predicted octanol–water partition coefficient (Wildman–Crippen LogP) is 3.91. The summed E-state index contributed by atoms with van der Waals surface area (Å²) in [6.07, 6.45) is 2.94. The summed E-state index contributed by atoms with van der Waals surface area (Å²) in [5, 5.41) is 5.92. The molecule has 0 radical (unpaired) electrons. The van der Waals surface area contributed by atoms with Crippen LogP contribution in [0.25, 0.3) is 0 Å². The van der Waals surface area contributed by atoms with Gasteiger partial charge in [-0.25, -0.2) is 14.4 Å². The molecule has 5 nitrogen and oxygen atoms in total. The molecule has 2 N–H and O–H groups in total. The van der Waals surface area contributed by atoms with E-state index >= 15 is 0 Å². The number of benzene rings is 2. The number of hydrogen-bond acceptors (Lipinski definition) is 4. The van der Waals surface area contributed by atoms with Crippen molar-refractivity contribution in [3.05, 3.63) is 83.1 Å². The smallest absolute Gasteiger partial charge is 0.271 e. The number of aromatic nitrogens is 2. The molecular weight excluding hydrogens is 331 g/mol. The van der Waals surface area contributed by atoms with Gasteiger partial charge in [-0.15, -0.1) is 0 Å². The van der Waals surface area contributed by atoms with Crippen molar-refractivity contribution >= 4 is 17.4 Å². The Kier molecular flexibility index (Phi) is 5.22. The quantitative estimate of drug-likeness (QED) is 0.732. The van der Waals surface area contributed by atoms with Gasteiger partial charge < -0.3 is 10.6 Å². The van der Waals surface area contributed by atoms with E-state index in [4.69, 9.17) is 0 Å². The van der Waals surface area contributed by atoms with Gasteiger partial charge in [0.05, 0.1) is 12.4 Å². The number of hydrogen-bond donors (Lipinski definition) is 2. The second kappa shape index (κ2) is 7.74. The molecular formula is C20H19FN4O. The lowest BCUT2D eigenvalue weighted by Gasteiger charge is -2.10. The molecule has 6 heteroatoms. The minimum atomic E-state index is -0.333. The first-order valence-electron chi connectivity index (χ1n) is 8.20. The number of nitrogens with one attached hydrogen (secondary N) is 2. The van der Waals surface area contributed by atoms with Crippen molar-refractivity contribution in [3.8, 4) is 0 Å². The Morgan fingerprint density at radius 2 is 1.81 bits per heavy atom. The van der Waals surface area contributed by atoms with E-state index in [1.54, 1.807) is 12.1 Å². The number of anilines is 2. The van der Waals surface area contributed by atoms with Gasteiger partial charge in [-0.3, -0.25) is 4.79 Å². The number of carbonyl (C=O) groups is 1. The molecule has 1 aromatic heterocycles. The van der Waals surface area contributed by atoms with Crippen molar-refractivity contribution in [1.29, 1.82) is 0 Å². The van der Waals surface area contributed by atoms with Gasteiger partial charge in [0.15, 0.2) is 0 Å². The van der Waals surface area contributed by atoms with Crippen molar-refractivity contribution in [2.24, 2.45) is 0 Å². The van der Waals surface area contributed by atoms with Gasteiger partial charge in [-0.05, 0) is 43.2 Å². The third-order valence-corrected chi connectivity index (χ3v) is 3.90. The standard InChI is InChI=1S/C20H19FN4O/c1-13-3-8-17(14(2)9-13)25-19-12-22-18(11-23-19)20(26)24-10-15-4-6-16(21)7-5-15/h3-9,11-12H,10H2,1-2H3,(H,23,25)(H,24,26). The third kappa shape index (κ3) is 4.42. The Balaban J connectivity index is 1.61. The Bertz CT molecular complexity index is 908. The van der Waals surface area contributed by atoms with Gasteiger partial charge in [-0.1, -0.05) is 29.8 Å². The molecule has 3 rings (SSSR count). The maximum atomic E-state index is 12.9. The predicted molar refractivity (Wildman–Crippen MR) is 98.8 cm³/mol. The van der Waals surface area contributed by atoms with Crippen LogP contribution in [0.2, 0.25) is 0 Å². The Labute approximate surface area is 151 Å². The molecule has 1 heterocycles. The molecule has 0 fully saturated rings. The zero-order valence-corrected chi connectivity index (χ0v) is 14.6. The summed E-state index contributed by atoms with van der Waals surface area (Å²) >= 11 is 0. The topological polar surface area (TPSA) is 66.9 Å². The number of carbonyl (C=O) groups excluding carboxylic acids is 1. The summed E-state index contributed by atoms with van der Waals surface area (Å²) in [5.41, 5.74) is 4.26. The van der Waals surface area contributed by atoms with Gasteiger partial charge in [0.2, 0.25) is 0 Å². The highest BCUT2D eigenvalue weighted by Crippen LogP contribution is 2.19. The van der Waals surface area contributed by atoms with Gasteiger partial charge in [-0.2, -0.15) is 0 Å². The fourth-order valence-electron chi connectivity index (χ4n) is 2.48. The highest BCUT2D eigenvalue weighted by molar-refractivity contribution is 5.92. The van der Waals surface area contributed by atoms with E-state index in [1.165, 1.54) is 30.1 Å². The summed E-state index contributed by atoms with van der Waals surface area (Å²) in [6.45, 7) is 4.35. The Hall–Kier alpha value is -3.28. The highest BCUT2D eigenvalue weighted by atomic mass is 19.1. The molecule has 0 aliphatic heterocycles. The number of nitrogens with zero attached hydrogens (tertiary/aromatic N) is 2. The van der Waals surface area contributed by atoms with E-state index in [0.717, 1.165) is 16.8 Å². The largest absolute Gasteiger partial charge is 0.347 e. The van der Waals surface area contributed by atoms with E-state index in [9.17, 15) is 9.18 Å². The van der Waals surface area contributed by atoms with Crippen molar-refractivity contribution in [2.75, 3.05) is 5.32 Å². The lowest BCUT2D eigenvalue weighted by atomic mass is 10.1. The second-order valence-corrected chi connectivity index (χ2v) is 6.04. The van der Waals surface area contributed by atoms with Gasteiger partial charge in [0.25, 0.3) is 5.91 Å². The number of rotatable bonds is 5. The third-order valence-electron chi connectivity index (χ3n) is 3.90.